The Bertz CT molecular complexity index is 1290. The number of carbonyl (C=O) groups excluding carboxylic acids is 4. The molecule has 2 aromatic carbocycles. The zero-order chi connectivity index (χ0) is 26.0. The van der Waals surface area contributed by atoms with Gasteiger partial charge in [0.1, 0.15) is 17.8 Å². The van der Waals surface area contributed by atoms with Crippen LogP contribution in [0.15, 0.2) is 60.0 Å². The molecule has 2 unspecified atom stereocenters. The topological polar surface area (TPSA) is 112 Å². The highest BCUT2D eigenvalue weighted by molar-refractivity contribution is 7.14. The number of urea groups is 1. The van der Waals surface area contributed by atoms with E-state index in [1.54, 1.807) is 24.4 Å². The van der Waals surface area contributed by atoms with Gasteiger partial charge in [-0.15, -0.1) is 11.3 Å². The van der Waals surface area contributed by atoms with Crippen LogP contribution in [0.2, 0.25) is 0 Å². The first-order valence-corrected chi connectivity index (χ1v) is 12.3. The summed E-state index contributed by atoms with van der Waals surface area (Å²) < 4.78 is 0. The van der Waals surface area contributed by atoms with Gasteiger partial charge in [0.2, 0.25) is 5.91 Å². The fourth-order valence-corrected chi connectivity index (χ4v) is 4.88. The maximum absolute atomic E-state index is 13.6. The maximum Gasteiger partial charge on any atom is 0.325 e. The van der Waals surface area contributed by atoms with E-state index < -0.39 is 35.8 Å². The number of Topliss-reactive ketones (excluding diaryl/α,β-unsaturated/α-hetero) is 1. The molecular formula is C26H27N5O4S. The predicted molar refractivity (Wildman–Crippen MR) is 138 cm³/mol. The van der Waals surface area contributed by atoms with Crippen molar-refractivity contribution in [3.8, 4) is 0 Å². The Kier molecular flexibility index (Phi) is 7.16. The van der Waals surface area contributed by atoms with Gasteiger partial charge in [-0.1, -0.05) is 49.4 Å². The maximum atomic E-state index is 13.6. The molecule has 2 N–H and O–H groups in total. The minimum Gasteiger partial charge on any atom is -0.378 e. The van der Waals surface area contributed by atoms with Crippen LogP contribution in [-0.4, -0.2) is 53.6 Å². The lowest BCUT2D eigenvalue weighted by Crippen LogP contribution is -2.50. The highest BCUT2D eigenvalue weighted by atomic mass is 32.1. The summed E-state index contributed by atoms with van der Waals surface area (Å²) in [4.78, 5) is 58.9. The number of anilines is 2. The van der Waals surface area contributed by atoms with E-state index >= 15 is 0 Å². The van der Waals surface area contributed by atoms with E-state index in [9.17, 15) is 19.2 Å². The number of hydrogen-bond donors (Lipinski definition) is 2. The number of hydrogen-bond acceptors (Lipinski definition) is 7. The minimum atomic E-state index is -1.14. The first-order chi connectivity index (χ1) is 17.2. The van der Waals surface area contributed by atoms with Crippen LogP contribution in [0.1, 0.15) is 47.4 Å². The van der Waals surface area contributed by atoms with Gasteiger partial charge >= 0.3 is 6.03 Å². The second-order valence-corrected chi connectivity index (χ2v) is 9.66. The van der Waals surface area contributed by atoms with Crippen molar-refractivity contribution in [1.82, 2.24) is 15.2 Å². The van der Waals surface area contributed by atoms with Crippen molar-refractivity contribution < 1.29 is 19.2 Å². The molecule has 1 aliphatic rings. The normalized spacial score (nSPS) is 16.9. The van der Waals surface area contributed by atoms with E-state index in [0.29, 0.717) is 5.56 Å². The van der Waals surface area contributed by atoms with Gasteiger partial charge in [-0.05, 0) is 23.3 Å². The summed E-state index contributed by atoms with van der Waals surface area (Å²) in [6.07, 6.45) is 0. The second-order valence-electron chi connectivity index (χ2n) is 8.80. The number of thiazole rings is 1. The summed E-state index contributed by atoms with van der Waals surface area (Å²) in [5.74, 6) is -1.81. The van der Waals surface area contributed by atoms with Crippen LogP contribution >= 0.6 is 11.3 Å². The molecule has 1 aromatic heterocycles. The third kappa shape index (κ3) is 4.99. The van der Waals surface area contributed by atoms with Crippen molar-refractivity contribution in [2.45, 2.75) is 31.8 Å². The number of carbonyl (C=O) groups is 4. The Hall–Kier alpha value is -4.05. The molecule has 1 saturated heterocycles. The highest BCUT2D eigenvalue weighted by Gasteiger charge is 2.47. The zero-order valence-electron chi connectivity index (χ0n) is 20.4. The monoisotopic (exact) mass is 505 g/mol. The van der Waals surface area contributed by atoms with Crippen LogP contribution in [0.4, 0.5) is 15.6 Å². The summed E-state index contributed by atoms with van der Waals surface area (Å²) >= 11 is 1.10. The van der Waals surface area contributed by atoms with E-state index in [1.807, 2.05) is 61.5 Å². The fraction of sp³-hybridized carbons (Fsp3) is 0.269. The SMILES string of the molecule is CC(=O)c1csc(NC(=O)C([C@@H](C)c2ccccc2)N2C(=O)NC(c3ccc(N(C)C)cc3)C2=O)n1. The van der Waals surface area contributed by atoms with Crippen molar-refractivity contribution in [1.29, 1.82) is 0 Å². The summed E-state index contributed by atoms with van der Waals surface area (Å²) in [7, 11) is 3.82. The van der Waals surface area contributed by atoms with Crippen molar-refractivity contribution in [2.24, 2.45) is 0 Å². The number of amides is 4. The van der Waals surface area contributed by atoms with Crippen LogP contribution in [-0.2, 0) is 9.59 Å². The number of aromatic nitrogens is 1. The number of nitrogens with zero attached hydrogens (tertiary/aromatic N) is 3. The Balaban J connectivity index is 1.66. The standard InChI is InChI=1S/C26H27N5O4S/c1-15(17-8-6-5-7-9-17)22(23(33)29-25-27-20(14-36-25)16(2)32)31-24(34)21(28-26(31)35)18-10-12-19(13-11-18)30(3)4/h5-15,21-22H,1-4H3,(H,28,35)(H,27,29,33)/t15-,21?,22?/m0/s1. The smallest absolute Gasteiger partial charge is 0.325 e. The number of nitrogens with one attached hydrogen (secondary N) is 2. The van der Waals surface area contributed by atoms with E-state index in [2.05, 4.69) is 15.6 Å². The minimum absolute atomic E-state index is 0.221. The van der Waals surface area contributed by atoms with Crippen LogP contribution in [0, 0.1) is 0 Å². The Morgan fingerprint density at radius 3 is 2.33 bits per heavy atom. The van der Waals surface area contributed by atoms with Crippen LogP contribution in [0.25, 0.3) is 0 Å². The summed E-state index contributed by atoms with van der Waals surface area (Å²) in [5, 5.41) is 7.20. The molecule has 4 rings (SSSR count). The zero-order valence-corrected chi connectivity index (χ0v) is 21.2. The summed E-state index contributed by atoms with van der Waals surface area (Å²) in [6.45, 7) is 3.18. The summed E-state index contributed by atoms with van der Waals surface area (Å²) in [6, 6.07) is 13.8. The largest absolute Gasteiger partial charge is 0.378 e. The van der Waals surface area contributed by atoms with Crippen LogP contribution in [0.5, 0.6) is 0 Å². The van der Waals surface area contributed by atoms with Gasteiger partial charge in [0.25, 0.3) is 5.91 Å². The van der Waals surface area contributed by atoms with Crippen molar-refractivity contribution in [3.63, 3.8) is 0 Å². The molecule has 4 amide bonds. The Morgan fingerprint density at radius 1 is 1.08 bits per heavy atom. The molecule has 2 heterocycles. The van der Waals surface area contributed by atoms with Crippen LogP contribution < -0.4 is 15.5 Å². The molecule has 9 nitrogen and oxygen atoms in total. The molecule has 0 bridgehead atoms. The second kappa shape index (κ2) is 10.3. The molecular weight excluding hydrogens is 478 g/mol. The first kappa shape index (κ1) is 25.1. The average Bonchev–Trinajstić information content (AvgIpc) is 3.45. The number of ketones is 1. The van der Waals surface area contributed by atoms with E-state index in [-0.39, 0.29) is 16.6 Å². The average molecular weight is 506 g/mol. The lowest BCUT2D eigenvalue weighted by atomic mass is 9.91. The van der Waals surface area contributed by atoms with Gasteiger partial charge in [0.05, 0.1) is 0 Å². The third-order valence-corrected chi connectivity index (χ3v) is 6.91. The molecule has 186 valence electrons. The van der Waals surface area contributed by atoms with E-state index in [0.717, 1.165) is 27.5 Å². The van der Waals surface area contributed by atoms with E-state index in [1.165, 1.54) is 6.92 Å². The van der Waals surface area contributed by atoms with Gasteiger partial charge in [-0.3, -0.25) is 14.4 Å². The number of imide groups is 1. The lowest BCUT2D eigenvalue weighted by molar-refractivity contribution is -0.134. The number of benzene rings is 2. The molecule has 36 heavy (non-hydrogen) atoms. The van der Waals surface area contributed by atoms with Crippen molar-refractivity contribution >= 4 is 45.8 Å². The van der Waals surface area contributed by atoms with Gasteiger partial charge in [0, 0.05) is 38.0 Å². The summed E-state index contributed by atoms with van der Waals surface area (Å²) in [5.41, 5.74) is 2.61. The number of rotatable bonds is 8. The molecule has 0 spiro atoms. The predicted octanol–water partition coefficient (Wildman–Crippen LogP) is 3.82. The van der Waals surface area contributed by atoms with Gasteiger partial charge in [-0.2, -0.15) is 0 Å². The molecule has 0 aliphatic carbocycles. The van der Waals surface area contributed by atoms with Gasteiger partial charge < -0.3 is 15.5 Å². The Labute approximate surface area is 213 Å². The molecule has 3 atom stereocenters. The van der Waals surface area contributed by atoms with E-state index in [4.69, 9.17) is 0 Å². The lowest BCUT2D eigenvalue weighted by Gasteiger charge is -2.29. The molecule has 0 saturated carbocycles. The highest BCUT2D eigenvalue weighted by Crippen LogP contribution is 2.32. The third-order valence-electron chi connectivity index (χ3n) is 6.15. The molecule has 1 fully saturated rings. The molecule has 1 aliphatic heterocycles. The van der Waals surface area contributed by atoms with Crippen molar-refractivity contribution in [3.05, 3.63) is 76.8 Å². The van der Waals surface area contributed by atoms with Crippen molar-refractivity contribution in [2.75, 3.05) is 24.3 Å². The van der Waals surface area contributed by atoms with Gasteiger partial charge in [-0.25, -0.2) is 14.7 Å². The molecule has 10 heteroatoms. The quantitative estimate of drug-likeness (QED) is 0.356. The fourth-order valence-electron chi connectivity index (χ4n) is 4.13. The molecule has 3 aromatic rings. The molecule has 0 radical (unpaired) electrons. The van der Waals surface area contributed by atoms with Crippen LogP contribution in [0.3, 0.4) is 0 Å². The first-order valence-electron chi connectivity index (χ1n) is 11.4. The Morgan fingerprint density at radius 2 is 1.75 bits per heavy atom. The van der Waals surface area contributed by atoms with Gasteiger partial charge in [0.15, 0.2) is 10.9 Å².